The van der Waals surface area contributed by atoms with Gasteiger partial charge in [-0.1, -0.05) is 36.4 Å². The Hall–Kier alpha value is -2.38. The molecule has 1 amide bonds. The summed E-state index contributed by atoms with van der Waals surface area (Å²) in [6, 6.07) is 14.2. The Balaban J connectivity index is 1.65. The number of amides is 1. The van der Waals surface area contributed by atoms with Crippen molar-refractivity contribution >= 4 is 16.1 Å². The predicted molar refractivity (Wildman–Crippen MR) is 88.6 cm³/mol. The van der Waals surface area contributed by atoms with E-state index in [1.807, 2.05) is 30.3 Å². The number of carbonyl (C=O) groups excluding carboxylic acids is 1. The zero-order chi connectivity index (χ0) is 17.2. The molecule has 3 rings (SSSR count). The summed E-state index contributed by atoms with van der Waals surface area (Å²) in [6.07, 6.45) is 0.194. The molecule has 0 radical (unpaired) electrons. The van der Waals surface area contributed by atoms with Gasteiger partial charge < -0.3 is 9.64 Å². The van der Waals surface area contributed by atoms with Crippen LogP contribution < -0.4 is 5.14 Å². The monoisotopic (exact) mass is 346 g/mol. The molecule has 2 aromatic carbocycles. The number of hydrogen-bond acceptors (Lipinski definition) is 4. The van der Waals surface area contributed by atoms with E-state index in [1.54, 1.807) is 17.0 Å². The summed E-state index contributed by atoms with van der Waals surface area (Å²) in [5, 5.41) is 5.15. The number of primary sulfonamides is 1. The first kappa shape index (κ1) is 16.5. The zero-order valence-electron chi connectivity index (χ0n) is 13.0. The van der Waals surface area contributed by atoms with E-state index in [-0.39, 0.29) is 17.6 Å². The molecule has 7 heteroatoms. The van der Waals surface area contributed by atoms with E-state index in [0.717, 1.165) is 16.7 Å². The fourth-order valence-corrected chi connectivity index (χ4v) is 3.24. The van der Waals surface area contributed by atoms with Gasteiger partial charge in [-0.05, 0) is 35.2 Å². The maximum Gasteiger partial charge on any atom is 0.410 e. The van der Waals surface area contributed by atoms with E-state index < -0.39 is 10.0 Å². The van der Waals surface area contributed by atoms with Crippen LogP contribution in [0.15, 0.2) is 53.4 Å². The van der Waals surface area contributed by atoms with Gasteiger partial charge in [0.2, 0.25) is 10.0 Å². The van der Waals surface area contributed by atoms with Crippen molar-refractivity contribution in [1.29, 1.82) is 0 Å². The predicted octanol–water partition coefficient (Wildman–Crippen LogP) is 2.03. The van der Waals surface area contributed by atoms with E-state index in [9.17, 15) is 13.2 Å². The number of benzene rings is 2. The Morgan fingerprint density at radius 2 is 1.88 bits per heavy atom. The Labute approximate surface area is 140 Å². The largest absolute Gasteiger partial charge is 0.445 e. The van der Waals surface area contributed by atoms with Gasteiger partial charge in [0.25, 0.3) is 0 Å². The SMILES string of the molecule is NS(=O)(=O)c1ccc2c(c1)CCN(C(=O)OCc1ccccc1)C2. The summed E-state index contributed by atoms with van der Waals surface area (Å²) < 4.78 is 28.1. The molecule has 6 nitrogen and oxygen atoms in total. The van der Waals surface area contributed by atoms with E-state index >= 15 is 0 Å². The summed E-state index contributed by atoms with van der Waals surface area (Å²) in [5.41, 5.74) is 2.74. The molecule has 2 N–H and O–H groups in total. The Morgan fingerprint density at radius 3 is 2.58 bits per heavy atom. The summed E-state index contributed by atoms with van der Waals surface area (Å²) in [4.78, 5) is 13.9. The lowest BCUT2D eigenvalue weighted by atomic mass is 10.0. The van der Waals surface area contributed by atoms with Crippen molar-refractivity contribution in [3.8, 4) is 0 Å². The second-order valence-electron chi connectivity index (χ2n) is 5.69. The third-order valence-electron chi connectivity index (χ3n) is 3.98. The fourth-order valence-electron chi connectivity index (χ4n) is 2.67. The van der Waals surface area contributed by atoms with Crippen molar-refractivity contribution in [2.24, 2.45) is 5.14 Å². The first-order valence-electron chi connectivity index (χ1n) is 7.54. The van der Waals surface area contributed by atoms with Crippen LogP contribution in [-0.2, 0) is 34.3 Å². The molecular weight excluding hydrogens is 328 g/mol. The molecule has 1 heterocycles. The van der Waals surface area contributed by atoms with Gasteiger partial charge in [0.1, 0.15) is 6.61 Å². The van der Waals surface area contributed by atoms with Crippen LogP contribution in [0.1, 0.15) is 16.7 Å². The minimum Gasteiger partial charge on any atom is -0.445 e. The van der Waals surface area contributed by atoms with Gasteiger partial charge in [0.15, 0.2) is 0 Å². The van der Waals surface area contributed by atoms with Crippen LogP contribution in [-0.4, -0.2) is 26.0 Å². The van der Waals surface area contributed by atoms with Crippen molar-refractivity contribution in [3.05, 3.63) is 65.2 Å². The third-order valence-corrected chi connectivity index (χ3v) is 4.89. The van der Waals surface area contributed by atoms with Gasteiger partial charge in [0, 0.05) is 13.1 Å². The number of nitrogens with two attached hydrogens (primary N) is 1. The maximum absolute atomic E-state index is 12.2. The Morgan fingerprint density at radius 1 is 1.12 bits per heavy atom. The molecule has 0 aliphatic carbocycles. The summed E-state index contributed by atoms with van der Waals surface area (Å²) >= 11 is 0. The van der Waals surface area contributed by atoms with Crippen LogP contribution in [0.5, 0.6) is 0 Å². The number of sulfonamides is 1. The number of rotatable bonds is 3. The molecule has 0 bridgehead atoms. The number of carbonyl (C=O) groups is 1. The van der Waals surface area contributed by atoms with E-state index in [1.165, 1.54) is 6.07 Å². The number of ether oxygens (including phenoxy) is 1. The average Bonchev–Trinajstić information content (AvgIpc) is 2.59. The summed E-state index contributed by atoms with van der Waals surface area (Å²) in [7, 11) is -3.71. The van der Waals surface area contributed by atoms with Crippen LogP contribution in [0.3, 0.4) is 0 Å². The lowest BCUT2D eigenvalue weighted by Gasteiger charge is -2.28. The van der Waals surface area contributed by atoms with Gasteiger partial charge in [-0.3, -0.25) is 0 Å². The zero-order valence-corrected chi connectivity index (χ0v) is 13.8. The lowest BCUT2D eigenvalue weighted by molar-refractivity contribution is 0.0918. The topological polar surface area (TPSA) is 89.7 Å². The second-order valence-corrected chi connectivity index (χ2v) is 7.25. The summed E-state index contributed by atoms with van der Waals surface area (Å²) in [6.45, 7) is 1.11. The highest BCUT2D eigenvalue weighted by molar-refractivity contribution is 7.89. The van der Waals surface area contributed by atoms with Gasteiger partial charge in [0.05, 0.1) is 4.90 Å². The normalized spacial score (nSPS) is 14.1. The molecule has 0 saturated carbocycles. The Kier molecular flexibility index (Phi) is 4.55. The molecule has 126 valence electrons. The van der Waals surface area contributed by atoms with Gasteiger partial charge in [-0.25, -0.2) is 18.4 Å². The standard InChI is InChI=1S/C17H18N2O4S/c18-24(21,22)16-7-6-15-11-19(9-8-14(15)10-16)17(20)23-12-13-4-2-1-3-5-13/h1-7,10H,8-9,11-12H2,(H2,18,21,22). The first-order chi connectivity index (χ1) is 11.4. The molecule has 0 spiro atoms. The second kappa shape index (κ2) is 6.62. The quantitative estimate of drug-likeness (QED) is 0.921. The molecule has 0 unspecified atom stereocenters. The molecular formula is C17H18N2O4S. The van der Waals surface area contributed by atoms with Crippen molar-refractivity contribution in [3.63, 3.8) is 0 Å². The highest BCUT2D eigenvalue weighted by Crippen LogP contribution is 2.22. The minimum atomic E-state index is -3.71. The Bertz CT molecular complexity index is 850. The van der Waals surface area contributed by atoms with Crippen molar-refractivity contribution in [2.45, 2.75) is 24.5 Å². The highest BCUT2D eigenvalue weighted by atomic mass is 32.2. The number of hydrogen-bond donors (Lipinski definition) is 1. The molecule has 0 fully saturated rings. The summed E-state index contributed by atoms with van der Waals surface area (Å²) in [5.74, 6) is 0. The van der Waals surface area contributed by atoms with Crippen molar-refractivity contribution in [2.75, 3.05) is 6.54 Å². The molecule has 24 heavy (non-hydrogen) atoms. The van der Waals surface area contributed by atoms with Crippen LogP contribution >= 0.6 is 0 Å². The van der Waals surface area contributed by atoms with Crippen molar-refractivity contribution in [1.82, 2.24) is 4.90 Å². The van der Waals surface area contributed by atoms with E-state index in [4.69, 9.17) is 9.88 Å². The van der Waals surface area contributed by atoms with Gasteiger partial charge >= 0.3 is 6.09 Å². The van der Waals surface area contributed by atoms with Crippen LogP contribution in [0.2, 0.25) is 0 Å². The van der Waals surface area contributed by atoms with Gasteiger partial charge in [-0.15, -0.1) is 0 Å². The molecule has 0 saturated heterocycles. The fraction of sp³-hybridized carbons (Fsp3) is 0.235. The van der Waals surface area contributed by atoms with Crippen LogP contribution in [0.4, 0.5) is 4.79 Å². The highest BCUT2D eigenvalue weighted by Gasteiger charge is 2.23. The van der Waals surface area contributed by atoms with Gasteiger partial charge in [-0.2, -0.15) is 0 Å². The van der Waals surface area contributed by atoms with Crippen LogP contribution in [0.25, 0.3) is 0 Å². The van der Waals surface area contributed by atoms with Crippen molar-refractivity contribution < 1.29 is 17.9 Å². The molecule has 2 aromatic rings. The van der Waals surface area contributed by atoms with Crippen LogP contribution in [0, 0.1) is 0 Å². The number of fused-ring (bicyclic) bond motifs is 1. The number of nitrogens with zero attached hydrogens (tertiary/aromatic N) is 1. The average molecular weight is 346 g/mol. The lowest BCUT2D eigenvalue weighted by Crippen LogP contribution is -2.36. The van der Waals surface area contributed by atoms with E-state index in [0.29, 0.717) is 19.5 Å². The maximum atomic E-state index is 12.2. The smallest absolute Gasteiger partial charge is 0.410 e. The van der Waals surface area contributed by atoms with E-state index in [2.05, 4.69) is 0 Å². The third kappa shape index (κ3) is 3.74. The first-order valence-corrected chi connectivity index (χ1v) is 9.08. The molecule has 0 aromatic heterocycles. The molecule has 1 aliphatic rings. The molecule has 0 atom stereocenters. The molecule has 1 aliphatic heterocycles. The minimum absolute atomic E-state index is 0.0985.